The Kier molecular flexibility index (Phi) is 6.89. The molecule has 0 spiro atoms. The Morgan fingerprint density at radius 1 is 1.24 bits per heavy atom. The predicted molar refractivity (Wildman–Crippen MR) is 174 cm³/mol. The lowest BCUT2D eigenvalue weighted by molar-refractivity contribution is -0.0123. The van der Waals surface area contributed by atoms with Crippen molar-refractivity contribution in [2.45, 2.75) is 43.5 Å². The molecule has 0 unspecified atom stereocenters. The zero-order valence-corrected chi connectivity index (χ0v) is 27.0. The van der Waals surface area contributed by atoms with Crippen molar-refractivity contribution in [3.8, 4) is 23.3 Å². The molecule has 3 atom stereocenters. The van der Waals surface area contributed by atoms with Crippen molar-refractivity contribution >= 4 is 64.0 Å². The Morgan fingerprint density at radius 3 is 2.91 bits per heavy atom. The molecule has 46 heavy (non-hydrogen) atoms. The number of rotatable bonds is 5. The number of hydrogen-bond donors (Lipinski definition) is 2. The fourth-order valence-corrected chi connectivity index (χ4v) is 9.61. The maximum absolute atomic E-state index is 14.9. The molecule has 7 heterocycles. The number of nitrogens with two attached hydrogens (primary N) is 1. The molecule has 1 aromatic carbocycles. The highest BCUT2D eigenvalue weighted by atomic mass is 32.1. The van der Waals surface area contributed by atoms with Crippen LogP contribution >= 0.6 is 22.7 Å². The van der Waals surface area contributed by atoms with Crippen LogP contribution in [0, 0.1) is 17.1 Å². The van der Waals surface area contributed by atoms with Crippen molar-refractivity contribution in [3.63, 3.8) is 0 Å². The van der Waals surface area contributed by atoms with Crippen LogP contribution in [0.3, 0.4) is 0 Å². The summed E-state index contributed by atoms with van der Waals surface area (Å²) in [6.07, 6.45) is 1.40. The van der Waals surface area contributed by atoms with Crippen LogP contribution in [0.1, 0.15) is 31.7 Å². The van der Waals surface area contributed by atoms with Crippen LogP contribution in [0.15, 0.2) is 12.1 Å². The van der Waals surface area contributed by atoms with Crippen molar-refractivity contribution < 1.29 is 23.4 Å². The van der Waals surface area contributed by atoms with Gasteiger partial charge in [-0.1, -0.05) is 0 Å². The maximum Gasteiger partial charge on any atom is 0.319 e. The lowest BCUT2D eigenvalue weighted by atomic mass is 9.95. The first-order valence-electron chi connectivity index (χ1n) is 15.2. The molecule has 0 bridgehead atoms. The molecule has 0 saturated carbocycles. The molecule has 4 aromatic heterocycles. The summed E-state index contributed by atoms with van der Waals surface area (Å²) in [5.41, 5.74) is 6.85. The minimum absolute atomic E-state index is 0.173. The molecule has 3 saturated heterocycles. The first kappa shape index (κ1) is 29.7. The molecule has 0 aliphatic carbocycles. The Balaban J connectivity index is 1.30. The number of thiophene rings is 2. The van der Waals surface area contributed by atoms with Gasteiger partial charge in [-0.3, -0.25) is 9.58 Å². The fourth-order valence-electron chi connectivity index (χ4n) is 7.47. The van der Waals surface area contributed by atoms with Crippen LogP contribution in [0.2, 0.25) is 0 Å². The molecule has 0 amide bonds. The number of aromatic nitrogens is 4. The van der Waals surface area contributed by atoms with Crippen LogP contribution < -0.4 is 15.4 Å². The van der Waals surface area contributed by atoms with Gasteiger partial charge >= 0.3 is 6.01 Å². The molecule has 15 heteroatoms. The summed E-state index contributed by atoms with van der Waals surface area (Å²) in [6.45, 7) is 4.57. The summed E-state index contributed by atoms with van der Waals surface area (Å²) >= 11 is 2.45. The van der Waals surface area contributed by atoms with E-state index in [2.05, 4.69) is 11.0 Å². The lowest BCUT2D eigenvalue weighted by Crippen LogP contribution is -2.43. The monoisotopic (exact) mass is 666 g/mol. The number of β-amino-alcohol motifs (C(OH)–C–C–N with tert-alkyl or cyclic N) is 1. The number of hydrogen-bond acceptors (Lipinski definition) is 12. The number of alkyl halides is 1. The highest BCUT2D eigenvalue weighted by molar-refractivity contribution is 7.26. The van der Waals surface area contributed by atoms with Crippen molar-refractivity contribution in [1.82, 2.24) is 24.6 Å². The van der Waals surface area contributed by atoms with Gasteiger partial charge in [-0.15, -0.1) is 22.7 Å². The second-order valence-corrected chi connectivity index (χ2v) is 14.9. The molecule has 5 aromatic rings. The molecule has 11 nitrogen and oxygen atoms in total. The van der Waals surface area contributed by atoms with Crippen molar-refractivity contribution in [1.29, 1.82) is 5.26 Å². The minimum Gasteiger partial charge on any atom is -0.461 e. The Morgan fingerprint density at radius 2 is 2.09 bits per heavy atom. The highest BCUT2D eigenvalue weighted by Gasteiger charge is 2.49. The first-order valence-corrected chi connectivity index (χ1v) is 16.9. The molecule has 3 N–H and O–H groups in total. The molecule has 3 fully saturated rings. The summed E-state index contributed by atoms with van der Waals surface area (Å²) in [5.74, 6) is 0.109. The third kappa shape index (κ3) is 4.61. The highest BCUT2D eigenvalue weighted by Crippen LogP contribution is 2.47. The normalized spacial score (nSPS) is 25.5. The van der Waals surface area contributed by atoms with Crippen LogP contribution in [0.25, 0.3) is 41.8 Å². The van der Waals surface area contributed by atoms with Gasteiger partial charge < -0.3 is 25.2 Å². The minimum atomic E-state index is -1.13. The third-order valence-electron chi connectivity index (χ3n) is 9.44. The number of anilines is 2. The number of benzene rings is 1. The molecule has 8 rings (SSSR count). The van der Waals surface area contributed by atoms with Gasteiger partial charge in [-0.2, -0.15) is 20.3 Å². The van der Waals surface area contributed by atoms with Crippen LogP contribution in [-0.4, -0.2) is 93.1 Å². The van der Waals surface area contributed by atoms with Crippen LogP contribution in [-0.2, 0) is 11.8 Å². The van der Waals surface area contributed by atoms with Gasteiger partial charge in [0.15, 0.2) is 0 Å². The fraction of sp³-hybridized carbons (Fsp3) is 0.484. The van der Waals surface area contributed by atoms with Gasteiger partial charge in [0.2, 0.25) is 0 Å². The second-order valence-electron chi connectivity index (χ2n) is 12.8. The van der Waals surface area contributed by atoms with Gasteiger partial charge in [0.25, 0.3) is 0 Å². The number of aryl methyl sites for hydroxylation is 1. The van der Waals surface area contributed by atoms with E-state index >= 15 is 0 Å². The number of nitriles is 1. The van der Waals surface area contributed by atoms with E-state index in [1.807, 2.05) is 4.90 Å². The van der Waals surface area contributed by atoms with Gasteiger partial charge in [0.05, 0.1) is 51.3 Å². The van der Waals surface area contributed by atoms with E-state index in [0.29, 0.717) is 69.0 Å². The molecule has 3 aliphatic rings. The van der Waals surface area contributed by atoms with Gasteiger partial charge in [0.1, 0.15) is 51.4 Å². The smallest absolute Gasteiger partial charge is 0.319 e. The van der Waals surface area contributed by atoms with Crippen molar-refractivity contribution in [2.75, 3.05) is 56.6 Å². The summed E-state index contributed by atoms with van der Waals surface area (Å²) in [5, 5.41) is 27.3. The maximum atomic E-state index is 14.9. The zero-order chi connectivity index (χ0) is 32.0. The van der Waals surface area contributed by atoms with E-state index in [4.69, 9.17) is 30.3 Å². The molecule has 0 radical (unpaired) electrons. The van der Waals surface area contributed by atoms with Gasteiger partial charge in [-0.25, -0.2) is 8.78 Å². The zero-order valence-electron chi connectivity index (χ0n) is 25.3. The topological polar surface area (TPSA) is 139 Å². The molecular weight excluding hydrogens is 635 g/mol. The summed E-state index contributed by atoms with van der Waals surface area (Å²) in [7, 11) is 1.81. The lowest BCUT2D eigenvalue weighted by Gasteiger charge is -2.31. The van der Waals surface area contributed by atoms with Gasteiger partial charge in [-0.05, 0) is 38.4 Å². The number of halogens is 2. The average molecular weight is 667 g/mol. The molecule has 240 valence electrons. The van der Waals surface area contributed by atoms with Crippen molar-refractivity contribution in [2.24, 2.45) is 7.05 Å². The first-order chi connectivity index (χ1) is 22.1. The second kappa shape index (κ2) is 10.7. The van der Waals surface area contributed by atoms with Crippen LogP contribution in [0.4, 0.5) is 19.6 Å². The SMILES string of the molecule is Cn1nc2c(sc3nc(OC[C@@]45CCCN4C[C@H](F)C5)nc(N4CCOC[C@@](C)(O)C4)c32)c1-c1ccc(F)c2sc(N)c(C#N)c12. The summed E-state index contributed by atoms with van der Waals surface area (Å²) in [4.78, 5) is 14.5. The Bertz CT molecular complexity index is 2070. The van der Waals surface area contributed by atoms with E-state index in [1.54, 1.807) is 24.7 Å². The number of nitrogens with zero attached hydrogens (tertiary/aromatic N) is 7. The number of fused-ring (bicyclic) bond motifs is 5. The summed E-state index contributed by atoms with van der Waals surface area (Å²) in [6, 6.07) is 5.37. The number of ether oxygens (including phenoxy) is 2. The Labute approximate surface area is 270 Å². The Hall–Kier alpha value is -3.68. The molecule has 3 aliphatic heterocycles. The quantitative estimate of drug-likeness (QED) is 0.274. The molecular formula is C31H32F2N8O3S2. The number of aliphatic hydroxyl groups is 1. The van der Waals surface area contributed by atoms with E-state index in [1.165, 1.54) is 17.4 Å². The van der Waals surface area contributed by atoms with Gasteiger partial charge in [0, 0.05) is 37.5 Å². The van der Waals surface area contributed by atoms with E-state index in [0.717, 1.165) is 35.4 Å². The third-order valence-corrected chi connectivity index (χ3v) is 11.5. The van der Waals surface area contributed by atoms with Crippen molar-refractivity contribution in [3.05, 3.63) is 23.5 Å². The largest absolute Gasteiger partial charge is 0.461 e. The number of nitrogen functional groups attached to an aromatic ring is 1. The van der Waals surface area contributed by atoms with E-state index in [-0.39, 0.29) is 41.9 Å². The standard InChI is InChI=1S/C31H32F2N8O3S2/c1-30(42)13-40(8-9-43-14-30)27-21-22-25(23(39(2)38-22)17-4-5-19(33)24-20(17)18(11-34)26(35)45-24)46-28(21)37-29(36-27)44-15-31-6-3-7-41(31)12-16(32)10-31/h4-5,16,42H,3,6-10,12-15,35H2,1-2H3/t16-,30+,31+/m1/s1. The van der Waals surface area contributed by atoms with E-state index in [9.17, 15) is 19.1 Å². The van der Waals surface area contributed by atoms with Crippen LogP contribution in [0.5, 0.6) is 6.01 Å². The average Bonchev–Trinajstić information content (AvgIpc) is 3.76. The predicted octanol–water partition coefficient (Wildman–Crippen LogP) is 4.60. The van der Waals surface area contributed by atoms with E-state index < -0.39 is 17.6 Å². The summed E-state index contributed by atoms with van der Waals surface area (Å²) < 4.78 is 44.3.